The number of carbonyl (C=O) groups is 2. The molecule has 0 saturated carbocycles. The van der Waals surface area contributed by atoms with E-state index >= 15 is 0 Å². The number of rotatable bonds is 4. The first kappa shape index (κ1) is 13.7. The molecule has 0 spiro atoms. The summed E-state index contributed by atoms with van der Waals surface area (Å²) in [5.74, 6) is 0.630. The fourth-order valence-electron chi connectivity index (χ4n) is 2.45. The SMILES string of the molecule is CCC(C)CCC1=C(C)C(=O)c2ccccc2C1=O. The van der Waals surface area contributed by atoms with Crippen molar-refractivity contribution in [2.45, 2.75) is 40.0 Å². The van der Waals surface area contributed by atoms with Crippen LogP contribution in [0.15, 0.2) is 35.4 Å². The Bertz CT molecular complexity index is 552. The van der Waals surface area contributed by atoms with Crippen molar-refractivity contribution in [1.29, 1.82) is 0 Å². The van der Waals surface area contributed by atoms with Gasteiger partial charge in [0.15, 0.2) is 11.6 Å². The molecule has 1 aliphatic rings. The minimum atomic E-state index is 0.00866. The first-order chi connectivity index (χ1) is 9.06. The molecule has 100 valence electrons. The Morgan fingerprint density at radius 1 is 1.05 bits per heavy atom. The molecule has 1 aromatic carbocycles. The van der Waals surface area contributed by atoms with Gasteiger partial charge in [0.1, 0.15) is 0 Å². The summed E-state index contributed by atoms with van der Waals surface area (Å²) in [6, 6.07) is 7.12. The van der Waals surface area contributed by atoms with Gasteiger partial charge in [-0.15, -0.1) is 0 Å². The fraction of sp³-hybridized carbons (Fsp3) is 0.412. The van der Waals surface area contributed by atoms with Crippen LogP contribution in [0.4, 0.5) is 0 Å². The summed E-state index contributed by atoms with van der Waals surface area (Å²) in [4.78, 5) is 24.7. The largest absolute Gasteiger partial charge is 0.289 e. The molecule has 19 heavy (non-hydrogen) atoms. The lowest BCUT2D eigenvalue weighted by Crippen LogP contribution is -2.21. The second-order valence-corrected chi connectivity index (χ2v) is 5.36. The number of benzene rings is 1. The number of ketones is 2. The van der Waals surface area contributed by atoms with Crippen LogP contribution in [0.1, 0.15) is 60.7 Å². The Morgan fingerprint density at radius 3 is 2.21 bits per heavy atom. The number of carbonyl (C=O) groups excluding carboxylic acids is 2. The number of allylic oxidation sites excluding steroid dienone is 2. The van der Waals surface area contributed by atoms with E-state index in [1.54, 1.807) is 25.1 Å². The van der Waals surface area contributed by atoms with Gasteiger partial charge >= 0.3 is 0 Å². The summed E-state index contributed by atoms with van der Waals surface area (Å²) < 4.78 is 0. The highest BCUT2D eigenvalue weighted by atomic mass is 16.1. The quantitative estimate of drug-likeness (QED) is 0.808. The number of fused-ring (bicyclic) bond motifs is 1. The molecule has 0 bridgehead atoms. The van der Waals surface area contributed by atoms with Gasteiger partial charge in [-0.05, 0) is 25.7 Å². The fourth-order valence-corrected chi connectivity index (χ4v) is 2.45. The van der Waals surface area contributed by atoms with Crippen molar-refractivity contribution in [2.75, 3.05) is 0 Å². The van der Waals surface area contributed by atoms with Crippen LogP contribution in [-0.4, -0.2) is 11.6 Å². The highest BCUT2D eigenvalue weighted by Gasteiger charge is 2.29. The number of Topliss-reactive ketones (excluding diaryl/α,β-unsaturated/α-hetero) is 2. The number of hydrogen-bond acceptors (Lipinski definition) is 2. The zero-order valence-corrected chi connectivity index (χ0v) is 11.8. The van der Waals surface area contributed by atoms with Crippen molar-refractivity contribution < 1.29 is 9.59 Å². The van der Waals surface area contributed by atoms with Crippen LogP contribution >= 0.6 is 0 Å². The summed E-state index contributed by atoms with van der Waals surface area (Å²) in [6.45, 7) is 6.11. The summed E-state index contributed by atoms with van der Waals surface area (Å²) >= 11 is 0. The maximum Gasteiger partial charge on any atom is 0.190 e. The third-order valence-electron chi connectivity index (χ3n) is 4.07. The molecule has 0 amide bonds. The zero-order chi connectivity index (χ0) is 14.0. The number of hydrogen-bond donors (Lipinski definition) is 0. The Labute approximate surface area is 114 Å². The molecule has 0 radical (unpaired) electrons. The van der Waals surface area contributed by atoms with Crippen LogP contribution in [0.5, 0.6) is 0 Å². The van der Waals surface area contributed by atoms with Crippen molar-refractivity contribution in [3.8, 4) is 0 Å². The monoisotopic (exact) mass is 256 g/mol. The highest BCUT2D eigenvalue weighted by Crippen LogP contribution is 2.29. The Balaban J connectivity index is 2.32. The maximum absolute atomic E-state index is 12.5. The van der Waals surface area contributed by atoms with Crippen LogP contribution in [0, 0.1) is 5.92 Å². The molecule has 0 saturated heterocycles. The molecule has 2 heteroatoms. The third kappa shape index (κ3) is 2.53. The molecule has 1 atom stereocenters. The summed E-state index contributed by atoms with van der Waals surface area (Å²) in [7, 11) is 0. The van der Waals surface area contributed by atoms with Gasteiger partial charge in [-0.3, -0.25) is 9.59 Å². The molecular weight excluding hydrogens is 236 g/mol. The van der Waals surface area contributed by atoms with Gasteiger partial charge in [0, 0.05) is 22.3 Å². The first-order valence-corrected chi connectivity index (χ1v) is 6.94. The van der Waals surface area contributed by atoms with Crippen LogP contribution < -0.4 is 0 Å². The zero-order valence-electron chi connectivity index (χ0n) is 11.8. The Morgan fingerprint density at radius 2 is 1.63 bits per heavy atom. The average molecular weight is 256 g/mol. The van der Waals surface area contributed by atoms with Gasteiger partial charge in [0.05, 0.1) is 0 Å². The first-order valence-electron chi connectivity index (χ1n) is 6.94. The van der Waals surface area contributed by atoms with E-state index in [0.29, 0.717) is 34.6 Å². The van der Waals surface area contributed by atoms with Gasteiger partial charge in [0.25, 0.3) is 0 Å². The van der Waals surface area contributed by atoms with Crippen LogP contribution in [-0.2, 0) is 0 Å². The molecule has 0 aliphatic heterocycles. The third-order valence-corrected chi connectivity index (χ3v) is 4.07. The van der Waals surface area contributed by atoms with Crippen molar-refractivity contribution >= 4 is 11.6 Å². The summed E-state index contributed by atoms with van der Waals surface area (Å²) in [5.41, 5.74) is 2.46. The Hall–Kier alpha value is -1.70. The van der Waals surface area contributed by atoms with E-state index in [4.69, 9.17) is 0 Å². The minimum absolute atomic E-state index is 0.00866. The average Bonchev–Trinajstić information content (AvgIpc) is 2.44. The van der Waals surface area contributed by atoms with E-state index in [2.05, 4.69) is 13.8 Å². The predicted molar refractivity (Wildman–Crippen MR) is 76.5 cm³/mol. The molecule has 2 nitrogen and oxygen atoms in total. The molecule has 2 rings (SSSR count). The summed E-state index contributed by atoms with van der Waals surface area (Å²) in [6.07, 6.45) is 2.77. The van der Waals surface area contributed by atoms with E-state index in [1.807, 2.05) is 6.07 Å². The standard InChI is InChI=1S/C17H20O2/c1-4-11(2)9-10-13-12(3)16(18)14-7-5-6-8-15(14)17(13)19/h5-8,11H,4,9-10H2,1-3H3. The molecule has 0 fully saturated rings. The molecule has 1 aliphatic carbocycles. The van der Waals surface area contributed by atoms with Crippen LogP contribution in [0.3, 0.4) is 0 Å². The van der Waals surface area contributed by atoms with E-state index < -0.39 is 0 Å². The lowest BCUT2D eigenvalue weighted by Gasteiger charge is -2.19. The highest BCUT2D eigenvalue weighted by molar-refractivity contribution is 6.26. The van der Waals surface area contributed by atoms with Gasteiger partial charge in [0.2, 0.25) is 0 Å². The van der Waals surface area contributed by atoms with Crippen LogP contribution in [0.2, 0.25) is 0 Å². The molecule has 1 aromatic rings. The molecule has 0 aromatic heterocycles. The van der Waals surface area contributed by atoms with Gasteiger partial charge in [-0.25, -0.2) is 0 Å². The summed E-state index contributed by atoms with van der Waals surface area (Å²) in [5, 5.41) is 0. The molecular formula is C17H20O2. The van der Waals surface area contributed by atoms with Gasteiger partial charge in [-0.1, -0.05) is 44.5 Å². The van der Waals surface area contributed by atoms with Gasteiger partial charge < -0.3 is 0 Å². The Kier molecular flexibility index (Phi) is 3.98. The van der Waals surface area contributed by atoms with Crippen molar-refractivity contribution in [3.05, 3.63) is 46.5 Å². The van der Waals surface area contributed by atoms with Crippen molar-refractivity contribution in [1.82, 2.24) is 0 Å². The van der Waals surface area contributed by atoms with Gasteiger partial charge in [-0.2, -0.15) is 0 Å². The smallest absolute Gasteiger partial charge is 0.190 e. The predicted octanol–water partition coefficient (Wildman–Crippen LogP) is 4.21. The van der Waals surface area contributed by atoms with Crippen LogP contribution in [0.25, 0.3) is 0 Å². The van der Waals surface area contributed by atoms with E-state index in [-0.39, 0.29) is 11.6 Å². The molecule has 0 N–H and O–H groups in total. The van der Waals surface area contributed by atoms with E-state index in [9.17, 15) is 9.59 Å². The molecule has 0 heterocycles. The second kappa shape index (κ2) is 5.52. The maximum atomic E-state index is 12.5. The molecule has 1 unspecified atom stereocenters. The lowest BCUT2D eigenvalue weighted by molar-refractivity contribution is 0.0971. The van der Waals surface area contributed by atoms with Crippen molar-refractivity contribution in [2.24, 2.45) is 5.92 Å². The van der Waals surface area contributed by atoms with E-state index in [0.717, 1.165) is 12.8 Å². The minimum Gasteiger partial charge on any atom is -0.289 e. The normalized spacial score (nSPS) is 16.6. The van der Waals surface area contributed by atoms with E-state index in [1.165, 1.54) is 0 Å². The lowest BCUT2D eigenvalue weighted by atomic mass is 9.82. The topological polar surface area (TPSA) is 34.1 Å². The van der Waals surface area contributed by atoms with Crippen molar-refractivity contribution in [3.63, 3.8) is 0 Å². The second-order valence-electron chi connectivity index (χ2n) is 5.36.